The Kier molecular flexibility index (Phi) is 6.69. The molecule has 0 radical (unpaired) electrons. The van der Waals surface area contributed by atoms with E-state index in [0.717, 1.165) is 61.7 Å². The van der Waals surface area contributed by atoms with Gasteiger partial charge in [-0.1, -0.05) is 23.7 Å². The van der Waals surface area contributed by atoms with Crippen LogP contribution >= 0.6 is 11.6 Å². The number of rotatable bonds is 5. The summed E-state index contributed by atoms with van der Waals surface area (Å²) in [4.78, 5) is 14.3. The van der Waals surface area contributed by atoms with Crippen LogP contribution in [0.2, 0.25) is 5.02 Å². The molecule has 202 valence electrons. The minimum atomic E-state index is -0.940. The standard InChI is InChI=1S/C31H36ClNO5/c1-2-31(36)12-13-37-28(16-31)24-8-5-22(24)17-33-18-30(11-3-4-20-14-23(32)7-9-25(20)30)19-38-27-10-6-21(29(34)35)15-26(27)33/h2,6-7,9-10,14-15,22,24,28,36H,1,3-5,8,11-13,16-19H2,(H,34,35)/t22-,24+,28-,30-,31-/m0/s1. The van der Waals surface area contributed by atoms with Crippen molar-refractivity contribution in [2.45, 2.75) is 62.1 Å². The van der Waals surface area contributed by atoms with Crippen LogP contribution in [0.3, 0.4) is 0 Å². The number of nitrogens with zero attached hydrogens (tertiary/aromatic N) is 1. The molecule has 2 heterocycles. The SMILES string of the molecule is C=C[C@]1(O)CCO[C@H]([C@@H]2CC[C@H]2CN2C[C@@]3(CCCc4cc(Cl)ccc43)COc3ccc(C(=O)O)cc32)C1. The van der Waals surface area contributed by atoms with Crippen LogP contribution in [0.25, 0.3) is 0 Å². The number of carboxylic acid groups (broad SMARTS) is 1. The maximum Gasteiger partial charge on any atom is 0.335 e. The Bertz CT molecular complexity index is 1250. The van der Waals surface area contributed by atoms with Crippen LogP contribution in [0.15, 0.2) is 49.1 Å². The van der Waals surface area contributed by atoms with Crippen molar-refractivity contribution in [2.75, 3.05) is 31.2 Å². The maximum atomic E-state index is 11.9. The van der Waals surface area contributed by atoms with Crippen molar-refractivity contribution in [3.63, 3.8) is 0 Å². The minimum absolute atomic E-state index is 0.00469. The average Bonchev–Trinajstić information content (AvgIpc) is 3.03. The second-order valence-electron chi connectivity index (χ2n) is 11.8. The van der Waals surface area contributed by atoms with Gasteiger partial charge in [0.25, 0.3) is 0 Å². The highest BCUT2D eigenvalue weighted by molar-refractivity contribution is 6.30. The van der Waals surface area contributed by atoms with Gasteiger partial charge in [0.15, 0.2) is 0 Å². The molecule has 0 aromatic heterocycles. The van der Waals surface area contributed by atoms with Gasteiger partial charge in [-0.3, -0.25) is 0 Å². The van der Waals surface area contributed by atoms with E-state index < -0.39 is 11.6 Å². The first kappa shape index (κ1) is 25.7. The Balaban J connectivity index is 1.33. The van der Waals surface area contributed by atoms with Gasteiger partial charge in [-0.25, -0.2) is 4.79 Å². The van der Waals surface area contributed by atoms with Crippen molar-refractivity contribution in [3.8, 4) is 5.75 Å². The second-order valence-corrected chi connectivity index (χ2v) is 12.2. The van der Waals surface area contributed by atoms with E-state index in [0.29, 0.717) is 37.9 Å². The zero-order chi connectivity index (χ0) is 26.5. The smallest absolute Gasteiger partial charge is 0.335 e. The van der Waals surface area contributed by atoms with Crippen molar-refractivity contribution >= 4 is 23.3 Å². The van der Waals surface area contributed by atoms with Gasteiger partial charge in [0, 0.05) is 36.4 Å². The lowest BCUT2D eigenvalue weighted by Crippen LogP contribution is -2.52. The van der Waals surface area contributed by atoms with Crippen molar-refractivity contribution < 1.29 is 24.5 Å². The van der Waals surface area contributed by atoms with Gasteiger partial charge in [0.05, 0.1) is 36.2 Å². The van der Waals surface area contributed by atoms with Crippen molar-refractivity contribution in [1.29, 1.82) is 0 Å². The summed E-state index contributed by atoms with van der Waals surface area (Å²) in [7, 11) is 0. The van der Waals surface area contributed by atoms with Gasteiger partial charge in [0.2, 0.25) is 0 Å². The number of carbonyl (C=O) groups is 1. The van der Waals surface area contributed by atoms with E-state index >= 15 is 0 Å². The van der Waals surface area contributed by atoms with Gasteiger partial charge in [-0.2, -0.15) is 0 Å². The topological polar surface area (TPSA) is 79.2 Å². The summed E-state index contributed by atoms with van der Waals surface area (Å²) < 4.78 is 12.6. The second kappa shape index (κ2) is 9.89. The molecule has 2 aliphatic carbocycles. The molecule has 4 aliphatic rings. The molecule has 5 atom stereocenters. The summed E-state index contributed by atoms with van der Waals surface area (Å²) >= 11 is 6.37. The first-order valence-electron chi connectivity index (χ1n) is 13.8. The summed E-state index contributed by atoms with van der Waals surface area (Å²) in [5.74, 6) is 0.534. The number of anilines is 1. The van der Waals surface area contributed by atoms with Gasteiger partial charge >= 0.3 is 5.97 Å². The molecule has 2 N–H and O–H groups in total. The fourth-order valence-electron chi connectivity index (χ4n) is 7.20. The molecule has 1 saturated carbocycles. The van der Waals surface area contributed by atoms with Crippen LogP contribution in [-0.2, 0) is 16.6 Å². The van der Waals surface area contributed by atoms with E-state index in [1.165, 1.54) is 11.1 Å². The lowest BCUT2D eigenvalue weighted by Gasteiger charge is -2.48. The molecule has 1 spiro atoms. The largest absolute Gasteiger partial charge is 0.490 e. The van der Waals surface area contributed by atoms with Crippen LogP contribution in [0.1, 0.15) is 60.0 Å². The molecule has 0 unspecified atom stereocenters. The molecule has 2 aromatic carbocycles. The molecule has 38 heavy (non-hydrogen) atoms. The molecule has 2 fully saturated rings. The fraction of sp³-hybridized carbons (Fsp3) is 0.516. The third kappa shape index (κ3) is 4.61. The Hall–Kier alpha value is -2.54. The van der Waals surface area contributed by atoms with E-state index in [4.69, 9.17) is 21.1 Å². The zero-order valence-electron chi connectivity index (χ0n) is 21.7. The Morgan fingerprint density at radius 1 is 1.21 bits per heavy atom. The lowest BCUT2D eigenvalue weighted by atomic mass is 9.67. The number of benzene rings is 2. The Morgan fingerprint density at radius 3 is 2.84 bits per heavy atom. The van der Waals surface area contributed by atoms with E-state index in [1.807, 2.05) is 12.1 Å². The number of ether oxygens (including phenoxy) is 2. The molecule has 2 aromatic rings. The number of aromatic carboxylic acids is 1. The highest BCUT2D eigenvalue weighted by Gasteiger charge is 2.46. The molecule has 6 nitrogen and oxygen atoms in total. The molecular formula is C31H36ClNO5. The number of carboxylic acids is 1. The first-order chi connectivity index (χ1) is 18.3. The van der Waals surface area contributed by atoms with Crippen LogP contribution in [0, 0.1) is 11.8 Å². The summed E-state index contributed by atoms with van der Waals surface area (Å²) in [6.45, 7) is 6.49. The van der Waals surface area contributed by atoms with Gasteiger partial charge in [-0.05, 0) is 85.4 Å². The number of aryl methyl sites for hydroxylation is 1. The fourth-order valence-corrected chi connectivity index (χ4v) is 7.39. The van der Waals surface area contributed by atoms with Gasteiger partial charge in [0.1, 0.15) is 5.75 Å². The van der Waals surface area contributed by atoms with E-state index in [1.54, 1.807) is 18.2 Å². The lowest BCUT2D eigenvalue weighted by molar-refractivity contribution is -0.125. The normalized spacial score (nSPS) is 32.4. The minimum Gasteiger partial charge on any atom is -0.490 e. The molecule has 6 rings (SSSR count). The Labute approximate surface area is 229 Å². The first-order valence-corrected chi connectivity index (χ1v) is 14.2. The van der Waals surface area contributed by atoms with Gasteiger partial charge in [-0.15, -0.1) is 6.58 Å². The van der Waals surface area contributed by atoms with Crippen molar-refractivity contribution in [2.24, 2.45) is 11.8 Å². The maximum absolute atomic E-state index is 11.9. The summed E-state index contributed by atoms with van der Waals surface area (Å²) in [6, 6.07) is 11.4. The molecule has 0 bridgehead atoms. The quantitative estimate of drug-likeness (QED) is 0.481. The van der Waals surface area contributed by atoms with Crippen molar-refractivity contribution in [1.82, 2.24) is 0 Å². The van der Waals surface area contributed by atoms with Crippen LogP contribution in [-0.4, -0.2) is 54.2 Å². The molecule has 7 heteroatoms. The Morgan fingerprint density at radius 2 is 2.08 bits per heavy atom. The number of hydrogen-bond donors (Lipinski definition) is 2. The summed E-state index contributed by atoms with van der Waals surface area (Å²) in [5, 5.41) is 21.4. The monoisotopic (exact) mass is 537 g/mol. The van der Waals surface area contributed by atoms with E-state index in [9.17, 15) is 15.0 Å². The number of aliphatic hydroxyl groups is 1. The highest BCUT2D eigenvalue weighted by Crippen LogP contribution is 2.48. The number of fused-ring (bicyclic) bond motifs is 3. The summed E-state index contributed by atoms with van der Waals surface area (Å²) in [6.07, 6.45) is 8.07. The molecular weight excluding hydrogens is 502 g/mol. The number of halogens is 1. The predicted octanol–water partition coefficient (Wildman–Crippen LogP) is 5.63. The third-order valence-electron chi connectivity index (χ3n) is 9.49. The average molecular weight is 538 g/mol. The third-order valence-corrected chi connectivity index (χ3v) is 9.73. The molecule has 1 saturated heterocycles. The van der Waals surface area contributed by atoms with Crippen LogP contribution in [0.4, 0.5) is 5.69 Å². The number of hydrogen-bond acceptors (Lipinski definition) is 5. The highest BCUT2D eigenvalue weighted by atomic mass is 35.5. The molecule has 2 aliphatic heterocycles. The van der Waals surface area contributed by atoms with E-state index in [2.05, 4.69) is 23.6 Å². The van der Waals surface area contributed by atoms with E-state index in [-0.39, 0.29) is 17.1 Å². The zero-order valence-corrected chi connectivity index (χ0v) is 22.5. The summed E-state index contributed by atoms with van der Waals surface area (Å²) in [5.41, 5.74) is 2.62. The van der Waals surface area contributed by atoms with Crippen LogP contribution < -0.4 is 9.64 Å². The predicted molar refractivity (Wildman–Crippen MR) is 148 cm³/mol. The van der Waals surface area contributed by atoms with Gasteiger partial charge < -0.3 is 24.6 Å². The van der Waals surface area contributed by atoms with Crippen molar-refractivity contribution in [3.05, 3.63) is 70.8 Å². The van der Waals surface area contributed by atoms with Crippen LogP contribution in [0.5, 0.6) is 5.75 Å². The molecule has 0 amide bonds.